The Morgan fingerprint density at radius 3 is 2.63 bits per heavy atom. The standard InChI is InChI=1S/C26H26N2O2/c1-25(2)17-26(13-14-29-25)28-23(21-9-5-6-10-24(21)30-26)16-22(27-28)20-12-11-18-7-3-4-8-19(18)15-20/h3-12,15,23H,13-14,16-17H2,1-2H3/t23-,26+/m0/s1. The molecule has 0 aliphatic carbocycles. The third-order valence-corrected chi connectivity index (χ3v) is 6.68. The molecule has 4 heteroatoms. The first-order chi connectivity index (χ1) is 14.5. The molecule has 3 aliphatic heterocycles. The summed E-state index contributed by atoms with van der Waals surface area (Å²) in [5.74, 6) is 0.992. The number of benzene rings is 3. The van der Waals surface area contributed by atoms with Gasteiger partial charge in [0.25, 0.3) is 0 Å². The molecule has 1 saturated heterocycles. The van der Waals surface area contributed by atoms with E-state index in [-0.39, 0.29) is 11.6 Å². The highest BCUT2D eigenvalue weighted by atomic mass is 16.5. The number of ether oxygens (including phenoxy) is 2. The summed E-state index contributed by atoms with van der Waals surface area (Å²) < 4.78 is 12.7. The number of nitrogens with zero attached hydrogens (tertiary/aromatic N) is 2. The summed E-state index contributed by atoms with van der Waals surface area (Å²) in [7, 11) is 0. The molecule has 3 aromatic rings. The van der Waals surface area contributed by atoms with Crippen LogP contribution in [-0.4, -0.2) is 28.7 Å². The molecule has 1 spiro atoms. The minimum Gasteiger partial charge on any atom is -0.466 e. The van der Waals surface area contributed by atoms with Crippen molar-refractivity contribution < 1.29 is 9.47 Å². The summed E-state index contributed by atoms with van der Waals surface area (Å²) in [6.45, 7) is 4.98. The fourth-order valence-electron chi connectivity index (χ4n) is 5.35. The Bertz CT molecular complexity index is 1170. The van der Waals surface area contributed by atoms with Gasteiger partial charge >= 0.3 is 0 Å². The number of hydrazone groups is 1. The summed E-state index contributed by atoms with van der Waals surface area (Å²) in [6.07, 6.45) is 2.50. The van der Waals surface area contributed by atoms with Crippen LogP contribution >= 0.6 is 0 Å². The van der Waals surface area contributed by atoms with Crippen LogP contribution in [0.25, 0.3) is 10.8 Å². The highest BCUT2D eigenvalue weighted by Gasteiger charge is 2.54. The molecule has 6 rings (SSSR count). The van der Waals surface area contributed by atoms with Crippen molar-refractivity contribution in [2.24, 2.45) is 5.10 Å². The van der Waals surface area contributed by atoms with E-state index in [0.717, 1.165) is 30.7 Å². The Balaban J connectivity index is 1.46. The van der Waals surface area contributed by atoms with Crippen LogP contribution in [0.4, 0.5) is 0 Å². The fraction of sp³-hybridized carbons (Fsp3) is 0.346. The van der Waals surface area contributed by atoms with Crippen LogP contribution in [0.5, 0.6) is 5.75 Å². The van der Waals surface area contributed by atoms with Crippen LogP contribution in [0.15, 0.2) is 71.8 Å². The average molecular weight is 399 g/mol. The monoisotopic (exact) mass is 398 g/mol. The molecule has 3 aromatic carbocycles. The van der Waals surface area contributed by atoms with Crippen molar-refractivity contribution in [3.8, 4) is 5.75 Å². The maximum atomic E-state index is 6.70. The highest BCUT2D eigenvalue weighted by molar-refractivity contribution is 6.04. The van der Waals surface area contributed by atoms with Crippen molar-refractivity contribution in [2.45, 2.75) is 50.5 Å². The summed E-state index contributed by atoms with van der Waals surface area (Å²) in [4.78, 5) is 0. The lowest BCUT2D eigenvalue weighted by Crippen LogP contribution is -2.60. The molecule has 0 aromatic heterocycles. The van der Waals surface area contributed by atoms with E-state index in [9.17, 15) is 0 Å². The lowest BCUT2D eigenvalue weighted by atomic mass is 9.86. The first-order valence-electron chi connectivity index (χ1n) is 10.8. The summed E-state index contributed by atoms with van der Waals surface area (Å²) >= 11 is 0. The number of hydrogen-bond acceptors (Lipinski definition) is 4. The Morgan fingerprint density at radius 1 is 0.967 bits per heavy atom. The lowest BCUT2D eigenvalue weighted by molar-refractivity contribution is -0.212. The zero-order chi connectivity index (χ0) is 20.3. The van der Waals surface area contributed by atoms with Gasteiger partial charge < -0.3 is 9.47 Å². The molecule has 0 bridgehead atoms. The molecule has 30 heavy (non-hydrogen) atoms. The van der Waals surface area contributed by atoms with E-state index < -0.39 is 5.72 Å². The second kappa shape index (κ2) is 6.32. The molecule has 3 heterocycles. The molecule has 1 fully saturated rings. The molecule has 0 saturated carbocycles. The predicted octanol–water partition coefficient (Wildman–Crippen LogP) is 5.67. The molecular formula is C26H26N2O2. The lowest BCUT2D eigenvalue weighted by Gasteiger charge is -2.52. The van der Waals surface area contributed by atoms with Gasteiger partial charge in [0.05, 0.1) is 24.0 Å². The van der Waals surface area contributed by atoms with Crippen LogP contribution in [0.3, 0.4) is 0 Å². The third-order valence-electron chi connectivity index (χ3n) is 6.68. The van der Waals surface area contributed by atoms with Crippen molar-refractivity contribution in [3.05, 3.63) is 77.9 Å². The Kier molecular flexibility index (Phi) is 3.79. The van der Waals surface area contributed by atoms with Crippen molar-refractivity contribution >= 4 is 16.5 Å². The van der Waals surface area contributed by atoms with Crippen LogP contribution in [0.1, 0.15) is 50.3 Å². The number of rotatable bonds is 1. The number of fused-ring (bicyclic) bond motifs is 5. The molecular weight excluding hydrogens is 372 g/mol. The molecule has 0 unspecified atom stereocenters. The van der Waals surface area contributed by atoms with Crippen LogP contribution in [-0.2, 0) is 4.74 Å². The first-order valence-corrected chi connectivity index (χ1v) is 10.8. The highest BCUT2D eigenvalue weighted by Crippen LogP contribution is 2.51. The quantitative estimate of drug-likeness (QED) is 0.530. The van der Waals surface area contributed by atoms with E-state index in [4.69, 9.17) is 14.6 Å². The van der Waals surface area contributed by atoms with Crippen molar-refractivity contribution in [1.82, 2.24) is 5.01 Å². The molecule has 4 nitrogen and oxygen atoms in total. The summed E-state index contributed by atoms with van der Waals surface area (Å²) in [6, 6.07) is 23.8. The van der Waals surface area contributed by atoms with Gasteiger partial charge in [0.1, 0.15) is 5.75 Å². The zero-order valence-electron chi connectivity index (χ0n) is 17.5. The topological polar surface area (TPSA) is 34.1 Å². The van der Waals surface area contributed by atoms with Gasteiger partial charge in [0, 0.05) is 24.8 Å². The Hall–Kier alpha value is -2.85. The summed E-state index contributed by atoms with van der Waals surface area (Å²) in [5, 5.41) is 9.96. The van der Waals surface area contributed by atoms with Crippen molar-refractivity contribution in [3.63, 3.8) is 0 Å². The van der Waals surface area contributed by atoms with Crippen LogP contribution < -0.4 is 4.74 Å². The van der Waals surface area contributed by atoms with E-state index in [1.807, 2.05) is 0 Å². The minimum atomic E-state index is -0.459. The van der Waals surface area contributed by atoms with E-state index in [1.54, 1.807) is 0 Å². The van der Waals surface area contributed by atoms with Crippen molar-refractivity contribution in [1.29, 1.82) is 0 Å². The van der Waals surface area contributed by atoms with Gasteiger partial charge in [0.2, 0.25) is 5.72 Å². The van der Waals surface area contributed by atoms with Gasteiger partial charge in [-0.3, -0.25) is 0 Å². The van der Waals surface area contributed by atoms with E-state index in [0.29, 0.717) is 6.61 Å². The molecule has 2 atom stereocenters. The van der Waals surface area contributed by atoms with E-state index >= 15 is 0 Å². The molecule has 0 radical (unpaired) electrons. The number of para-hydroxylation sites is 1. The maximum absolute atomic E-state index is 6.70. The normalized spacial score (nSPS) is 26.8. The van der Waals surface area contributed by atoms with Crippen LogP contribution in [0, 0.1) is 0 Å². The molecule has 152 valence electrons. The van der Waals surface area contributed by atoms with Crippen molar-refractivity contribution in [2.75, 3.05) is 6.61 Å². The zero-order valence-corrected chi connectivity index (χ0v) is 17.5. The molecule has 0 N–H and O–H groups in total. The largest absolute Gasteiger partial charge is 0.466 e. The Morgan fingerprint density at radius 2 is 1.77 bits per heavy atom. The fourth-order valence-corrected chi connectivity index (χ4v) is 5.35. The number of hydrogen-bond donors (Lipinski definition) is 0. The van der Waals surface area contributed by atoms with Gasteiger partial charge in [-0.2, -0.15) is 5.10 Å². The minimum absolute atomic E-state index is 0.199. The van der Waals surface area contributed by atoms with Gasteiger partial charge in [-0.25, -0.2) is 5.01 Å². The van der Waals surface area contributed by atoms with E-state index in [2.05, 4.69) is 85.6 Å². The SMILES string of the molecule is CC1(C)C[C@@]2(CCO1)Oc1ccccc1[C@@H]1CC(c3ccc4ccccc4c3)=NN12. The van der Waals surface area contributed by atoms with Gasteiger partial charge in [-0.15, -0.1) is 0 Å². The smallest absolute Gasteiger partial charge is 0.203 e. The first kappa shape index (κ1) is 18.0. The second-order valence-electron chi connectivity index (χ2n) is 9.29. The van der Waals surface area contributed by atoms with Gasteiger partial charge in [-0.05, 0) is 42.3 Å². The molecule has 0 amide bonds. The van der Waals surface area contributed by atoms with Gasteiger partial charge in [0.15, 0.2) is 0 Å². The average Bonchev–Trinajstić information content (AvgIpc) is 3.20. The Labute approximate surface area is 177 Å². The van der Waals surface area contributed by atoms with E-state index in [1.165, 1.54) is 21.9 Å². The predicted molar refractivity (Wildman–Crippen MR) is 119 cm³/mol. The second-order valence-corrected chi connectivity index (χ2v) is 9.29. The van der Waals surface area contributed by atoms with Crippen LogP contribution in [0.2, 0.25) is 0 Å². The third kappa shape index (κ3) is 2.74. The molecule has 3 aliphatic rings. The van der Waals surface area contributed by atoms with Gasteiger partial charge in [-0.1, -0.05) is 54.6 Å². The maximum Gasteiger partial charge on any atom is 0.203 e. The summed E-state index contributed by atoms with van der Waals surface area (Å²) in [5.41, 5.74) is 2.86.